The molecular weight excluding hydrogens is 544 g/mol. The van der Waals surface area contributed by atoms with Crippen molar-refractivity contribution >= 4 is 34.3 Å². The van der Waals surface area contributed by atoms with Gasteiger partial charge in [0.1, 0.15) is 35.5 Å². The number of benzene rings is 1. The molecule has 1 atom stereocenters. The van der Waals surface area contributed by atoms with Crippen LogP contribution in [0.3, 0.4) is 0 Å². The van der Waals surface area contributed by atoms with E-state index in [0.717, 1.165) is 29.9 Å². The first-order valence-electron chi connectivity index (χ1n) is 12.9. The van der Waals surface area contributed by atoms with Crippen molar-refractivity contribution in [3.05, 3.63) is 81.9 Å². The Morgan fingerprint density at radius 3 is 2.75 bits per heavy atom. The van der Waals surface area contributed by atoms with Crippen LogP contribution in [0.4, 0.5) is 8.78 Å². The maximum atomic E-state index is 14.7. The molecule has 1 unspecified atom stereocenters. The number of fused-ring (bicyclic) bond motifs is 1. The largest absolute Gasteiger partial charge is 0.477 e. The molecule has 1 aromatic carbocycles. The van der Waals surface area contributed by atoms with Crippen LogP contribution in [0, 0.1) is 11.6 Å². The summed E-state index contributed by atoms with van der Waals surface area (Å²) >= 11 is 5.80. The number of imidazole rings is 1. The third kappa shape index (κ3) is 5.45. The third-order valence-corrected chi connectivity index (χ3v) is 7.44. The highest BCUT2D eigenvalue weighted by Gasteiger charge is 2.25. The maximum Gasteiger partial charge on any atom is 0.352 e. The normalized spacial score (nSPS) is 17.6. The number of aromatic amines is 1. The number of aromatic nitrogens is 4. The molecule has 5 heterocycles. The Morgan fingerprint density at radius 1 is 1.20 bits per heavy atom. The number of nitrogens with one attached hydrogen (secondary N) is 1. The summed E-state index contributed by atoms with van der Waals surface area (Å²) in [6.45, 7) is 2.99. The zero-order valence-electron chi connectivity index (χ0n) is 21.4. The lowest BCUT2D eigenvalue weighted by molar-refractivity contribution is -0.0591. The van der Waals surface area contributed by atoms with Crippen molar-refractivity contribution in [1.82, 2.24) is 24.4 Å². The molecule has 2 N–H and O–H groups in total. The quantitative estimate of drug-likeness (QED) is 0.291. The molecule has 1 saturated heterocycles. The molecule has 4 aromatic rings. The zero-order chi connectivity index (χ0) is 27.8. The number of carbonyl (C=O) groups is 1. The van der Waals surface area contributed by atoms with Gasteiger partial charge in [0.25, 0.3) is 0 Å². The number of pyridine rings is 1. The number of aromatic carboxylic acids is 1. The zero-order valence-corrected chi connectivity index (χ0v) is 22.1. The van der Waals surface area contributed by atoms with E-state index in [2.05, 4.69) is 19.9 Å². The van der Waals surface area contributed by atoms with E-state index in [9.17, 15) is 18.7 Å². The molecule has 0 amide bonds. The Kier molecular flexibility index (Phi) is 7.26. The molecule has 40 heavy (non-hydrogen) atoms. The number of hydrogen-bond acceptors (Lipinski definition) is 6. The number of H-pyrrole nitrogens is 1. The van der Waals surface area contributed by atoms with Gasteiger partial charge >= 0.3 is 5.97 Å². The fraction of sp³-hybridized carbons (Fsp3) is 0.321. The van der Waals surface area contributed by atoms with Crippen molar-refractivity contribution in [1.29, 1.82) is 0 Å². The van der Waals surface area contributed by atoms with Gasteiger partial charge in [-0.25, -0.2) is 23.5 Å². The predicted octanol–water partition coefficient (Wildman–Crippen LogP) is 5.05. The Hall–Kier alpha value is -3.80. The molecule has 3 aromatic heterocycles. The number of nitrogens with zero attached hydrogens (tertiary/aromatic N) is 4. The molecule has 0 radical (unpaired) electrons. The highest BCUT2D eigenvalue weighted by molar-refractivity contribution is 6.30. The molecule has 2 aliphatic heterocycles. The summed E-state index contributed by atoms with van der Waals surface area (Å²) in [5, 5.41) is 9.65. The first-order valence-corrected chi connectivity index (χ1v) is 13.3. The van der Waals surface area contributed by atoms with Crippen molar-refractivity contribution < 1.29 is 28.2 Å². The van der Waals surface area contributed by atoms with E-state index < -0.39 is 17.6 Å². The molecule has 6 rings (SSSR count). The van der Waals surface area contributed by atoms with Gasteiger partial charge in [0.15, 0.2) is 5.65 Å². The van der Waals surface area contributed by atoms with E-state index in [4.69, 9.17) is 21.1 Å². The topological polar surface area (TPSA) is 106 Å². The summed E-state index contributed by atoms with van der Waals surface area (Å²) < 4.78 is 42.1. The highest BCUT2D eigenvalue weighted by atomic mass is 35.5. The smallest absolute Gasteiger partial charge is 0.352 e. The van der Waals surface area contributed by atoms with Crippen LogP contribution in [0.25, 0.3) is 16.7 Å². The van der Waals surface area contributed by atoms with Crippen LogP contribution in [0.1, 0.15) is 40.4 Å². The predicted molar refractivity (Wildman–Crippen MR) is 143 cm³/mol. The first-order chi connectivity index (χ1) is 19.3. The van der Waals surface area contributed by atoms with Crippen molar-refractivity contribution in [3.63, 3.8) is 0 Å². The van der Waals surface area contributed by atoms with Crippen LogP contribution >= 0.6 is 11.6 Å². The summed E-state index contributed by atoms with van der Waals surface area (Å²) in [7, 11) is 0. The molecule has 208 valence electrons. The lowest BCUT2D eigenvalue weighted by atomic mass is 10.0. The van der Waals surface area contributed by atoms with Gasteiger partial charge in [-0.3, -0.25) is 4.90 Å². The van der Waals surface area contributed by atoms with Gasteiger partial charge in [0.05, 0.1) is 24.7 Å². The SMILES string of the molecule is O=C(O)c1cc2c(nc(CN3CC=C(c4nc(OCc5ccc(Cl)cc5F)ccc4F)CC3)n2CC2CCO2)[nH]1. The molecule has 1 fully saturated rings. The van der Waals surface area contributed by atoms with Gasteiger partial charge in [0.2, 0.25) is 5.88 Å². The Morgan fingerprint density at radius 2 is 2.05 bits per heavy atom. The number of halogens is 3. The molecule has 12 heteroatoms. The number of ether oxygens (including phenoxy) is 2. The van der Waals surface area contributed by atoms with E-state index in [1.165, 1.54) is 24.3 Å². The lowest BCUT2D eigenvalue weighted by Crippen LogP contribution is -2.33. The second-order valence-corrected chi connectivity index (χ2v) is 10.3. The van der Waals surface area contributed by atoms with Gasteiger partial charge in [-0.15, -0.1) is 0 Å². The average molecular weight is 570 g/mol. The molecule has 9 nitrogen and oxygen atoms in total. The molecule has 0 bridgehead atoms. The molecule has 0 saturated carbocycles. The minimum Gasteiger partial charge on any atom is -0.477 e. The van der Waals surface area contributed by atoms with Crippen molar-refractivity contribution in [2.24, 2.45) is 0 Å². The second-order valence-electron chi connectivity index (χ2n) is 9.86. The van der Waals surface area contributed by atoms with E-state index in [1.54, 1.807) is 12.1 Å². The first kappa shape index (κ1) is 26.4. The van der Waals surface area contributed by atoms with Crippen LogP contribution in [0.2, 0.25) is 5.02 Å². The second kappa shape index (κ2) is 11.0. The minimum absolute atomic E-state index is 0.0611. The van der Waals surface area contributed by atoms with Crippen molar-refractivity contribution in [2.75, 3.05) is 19.7 Å². The van der Waals surface area contributed by atoms with Gasteiger partial charge in [-0.2, -0.15) is 0 Å². The average Bonchev–Trinajstić information content (AvgIpc) is 3.45. The van der Waals surface area contributed by atoms with Gasteiger partial charge in [0, 0.05) is 36.3 Å². The number of hydrogen-bond donors (Lipinski definition) is 2. The van der Waals surface area contributed by atoms with E-state index in [-0.39, 0.29) is 30.0 Å². The van der Waals surface area contributed by atoms with E-state index in [1.807, 2.05) is 10.6 Å². The maximum absolute atomic E-state index is 14.7. The van der Waals surface area contributed by atoms with Gasteiger partial charge < -0.3 is 24.1 Å². The fourth-order valence-corrected chi connectivity index (χ4v) is 5.07. The van der Waals surface area contributed by atoms with Crippen LogP contribution < -0.4 is 4.74 Å². The van der Waals surface area contributed by atoms with Gasteiger partial charge in [-0.1, -0.05) is 23.7 Å². The van der Waals surface area contributed by atoms with Crippen LogP contribution in [-0.2, 0) is 24.4 Å². The number of carboxylic acid groups (broad SMARTS) is 1. The number of rotatable bonds is 9. The van der Waals surface area contributed by atoms with Crippen LogP contribution in [-0.4, -0.2) is 61.3 Å². The monoisotopic (exact) mass is 569 g/mol. The minimum atomic E-state index is -1.04. The molecule has 0 aliphatic carbocycles. The number of carboxylic acids is 1. The van der Waals surface area contributed by atoms with E-state index in [0.29, 0.717) is 48.8 Å². The fourth-order valence-electron chi connectivity index (χ4n) is 4.91. The summed E-state index contributed by atoms with van der Waals surface area (Å²) in [5.74, 6) is -0.966. The Labute approximate surface area is 233 Å². The highest BCUT2D eigenvalue weighted by Crippen LogP contribution is 2.28. The third-order valence-electron chi connectivity index (χ3n) is 7.20. The summed E-state index contributed by atoms with van der Waals surface area (Å²) in [5.41, 5.74) is 2.66. The van der Waals surface area contributed by atoms with Crippen LogP contribution in [0.15, 0.2) is 42.5 Å². The van der Waals surface area contributed by atoms with Crippen molar-refractivity contribution in [2.45, 2.75) is 38.6 Å². The van der Waals surface area contributed by atoms with Crippen molar-refractivity contribution in [3.8, 4) is 5.88 Å². The summed E-state index contributed by atoms with van der Waals surface area (Å²) in [6.07, 6.45) is 3.52. The van der Waals surface area contributed by atoms with Gasteiger partial charge in [-0.05, 0) is 42.7 Å². The standard InChI is InChI=1S/C28H26ClF2N5O4/c29-18-2-1-17(21(31)11-18)15-40-25-4-3-20(30)26(34-25)16-5-8-35(9-6-16)14-24-33-27-23(12-22(32-27)28(37)38)36(24)13-19-7-10-39-19/h1-5,11-12,19,32H,6-10,13-15H2,(H,37,38). The van der Waals surface area contributed by atoms with Crippen LogP contribution in [0.5, 0.6) is 5.88 Å². The molecule has 2 aliphatic rings. The Balaban J connectivity index is 1.15. The Bertz CT molecular complexity index is 1610. The molecular formula is C28H26ClF2N5O4. The van der Waals surface area contributed by atoms with E-state index >= 15 is 0 Å². The lowest BCUT2D eigenvalue weighted by Gasteiger charge is -2.29. The molecule has 0 spiro atoms. The summed E-state index contributed by atoms with van der Waals surface area (Å²) in [6, 6.07) is 8.65. The summed E-state index contributed by atoms with van der Waals surface area (Å²) in [4.78, 5) is 25.5.